The minimum Gasteiger partial charge on any atom is -0.504 e. The minimum atomic E-state index is -1.10. The lowest BCUT2D eigenvalue weighted by atomic mass is 10.2. The van der Waals surface area contributed by atoms with Crippen molar-refractivity contribution >= 4 is 18.2 Å². The Balaban J connectivity index is 1.82. The molecule has 0 radical (unpaired) electrons. The van der Waals surface area contributed by atoms with E-state index in [0.717, 1.165) is 11.6 Å². The maximum absolute atomic E-state index is 11.5. The van der Waals surface area contributed by atoms with Crippen molar-refractivity contribution in [1.29, 1.82) is 0 Å². The lowest BCUT2D eigenvalue weighted by Gasteiger charge is -2.03. The molecule has 0 aliphatic heterocycles. The van der Waals surface area contributed by atoms with Crippen molar-refractivity contribution in [2.24, 2.45) is 0 Å². The van der Waals surface area contributed by atoms with E-state index in [9.17, 15) is 14.7 Å². The molecule has 0 saturated heterocycles. The highest BCUT2D eigenvalue weighted by Crippen LogP contribution is 2.25. The van der Waals surface area contributed by atoms with Gasteiger partial charge in [-0.05, 0) is 29.3 Å². The molecule has 2 aromatic carbocycles. The van der Waals surface area contributed by atoms with Gasteiger partial charge in [-0.2, -0.15) is 0 Å². The van der Waals surface area contributed by atoms with Crippen LogP contribution >= 0.6 is 0 Å². The van der Waals surface area contributed by atoms with Crippen LogP contribution in [0.1, 0.15) is 11.1 Å². The Bertz CT molecular complexity index is 721. The molecule has 0 unspecified atom stereocenters. The summed E-state index contributed by atoms with van der Waals surface area (Å²) in [5.41, 5.74) is 1.22. The Morgan fingerprint density at radius 1 is 1.00 bits per heavy atom. The molecule has 0 heterocycles. The fourth-order valence-electron chi connectivity index (χ4n) is 1.67. The van der Waals surface area contributed by atoms with Gasteiger partial charge >= 0.3 is 12.1 Å². The van der Waals surface area contributed by atoms with Gasteiger partial charge in [0.1, 0.15) is 6.61 Å². The average Bonchev–Trinajstić information content (AvgIpc) is 2.55. The summed E-state index contributed by atoms with van der Waals surface area (Å²) >= 11 is 0. The SMILES string of the molecule is O=C(/C=C/c1ccc(O)c(O)c1)OC(=O)OCc1ccccc1. The number of carbonyl (C=O) groups is 2. The van der Waals surface area contributed by atoms with Gasteiger partial charge in [-0.15, -0.1) is 0 Å². The first kappa shape index (κ1) is 16.1. The van der Waals surface area contributed by atoms with Gasteiger partial charge in [-0.3, -0.25) is 0 Å². The molecule has 0 aromatic heterocycles. The van der Waals surface area contributed by atoms with E-state index in [-0.39, 0.29) is 18.1 Å². The maximum atomic E-state index is 11.5. The van der Waals surface area contributed by atoms with Crippen molar-refractivity contribution < 1.29 is 29.3 Å². The van der Waals surface area contributed by atoms with E-state index in [4.69, 9.17) is 9.84 Å². The van der Waals surface area contributed by atoms with Crippen LogP contribution in [-0.4, -0.2) is 22.3 Å². The zero-order valence-corrected chi connectivity index (χ0v) is 12.0. The summed E-state index contributed by atoms with van der Waals surface area (Å²) in [4.78, 5) is 22.8. The lowest BCUT2D eigenvalue weighted by molar-refractivity contribution is -0.134. The van der Waals surface area contributed by atoms with Gasteiger partial charge < -0.3 is 19.7 Å². The number of rotatable bonds is 4. The molecule has 0 spiro atoms. The van der Waals surface area contributed by atoms with E-state index in [1.54, 1.807) is 24.3 Å². The van der Waals surface area contributed by atoms with Crippen molar-refractivity contribution in [3.63, 3.8) is 0 Å². The third kappa shape index (κ3) is 5.20. The van der Waals surface area contributed by atoms with Gasteiger partial charge in [-0.1, -0.05) is 36.4 Å². The van der Waals surface area contributed by atoms with Crippen molar-refractivity contribution in [1.82, 2.24) is 0 Å². The van der Waals surface area contributed by atoms with Crippen LogP contribution in [0.25, 0.3) is 6.08 Å². The van der Waals surface area contributed by atoms with E-state index >= 15 is 0 Å². The van der Waals surface area contributed by atoms with E-state index in [2.05, 4.69) is 4.74 Å². The number of ether oxygens (including phenoxy) is 2. The Labute approximate surface area is 132 Å². The molecule has 0 amide bonds. The van der Waals surface area contributed by atoms with Crippen LogP contribution in [0.4, 0.5) is 4.79 Å². The Morgan fingerprint density at radius 3 is 2.43 bits per heavy atom. The topological polar surface area (TPSA) is 93.1 Å². The first-order valence-electron chi connectivity index (χ1n) is 6.67. The number of esters is 1. The predicted octanol–water partition coefficient (Wildman–Crippen LogP) is 2.99. The summed E-state index contributed by atoms with van der Waals surface area (Å²) in [6, 6.07) is 13.0. The third-order valence-electron chi connectivity index (χ3n) is 2.79. The Hall–Kier alpha value is -3.28. The molecule has 6 heteroatoms. The van der Waals surface area contributed by atoms with E-state index in [0.29, 0.717) is 5.56 Å². The average molecular weight is 314 g/mol. The second-order valence-electron chi connectivity index (χ2n) is 4.53. The van der Waals surface area contributed by atoms with Crippen LogP contribution in [0.5, 0.6) is 11.5 Å². The molecule has 0 bridgehead atoms. The van der Waals surface area contributed by atoms with E-state index in [1.807, 2.05) is 6.07 Å². The first-order chi connectivity index (χ1) is 11.0. The van der Waals surface area contributed by atoms with Crippen LogP contribution in [0.3, 0.4) is 0 Å². The van der Waals surface area contributed by atoms with Crippen LogP contribution < -0.4 is 0 Å². The molecular formula is C17H14O6. The first-order valence-corrected chi connectivity index (χ1v) is 6.67. The van der Waals surface area contributed by atoms with Gasteiger partial charge in [0.15, 0.2) is 11.5 Å². The van der Waals surface area contributed by atoms with Gasteiger partial charge in [0, 0.05) is 6.08 Å². The number of phenolic OH excluding ortho intramolecular Hbond substituents is 2. The zero-order chi connectivity index (χ0) is 16.7. The van der Waals surface area contributed by atoms with Crippen molar-refractivity contribution in [2.45, 2.75) is 6.61 Å². The molecule has 118 valence electrons. The Morgan fingerprint density at radius 2 is 1.74 bits per heavy atom. The normalized spacial score (nSPS) is 10.4. The van der Waals surface area contributed by atoms with Crippen LogP contribution in [0.2, 0.25) is 0 Å². The standard InChI is InChI=1S/C17H14O6/c18-14-8-6-12(10-15(14)19)7-9-16(20)23-17(21)22-11-13-4-2-1-3-5-13/h1-10,18-19H,11H2/b9-7+. The monoisotopic (exact) mass is 314 g/mol. The lowest BCUT2D eigenvalue weighted by Crippen LogP contribution is -2.11. The highest BCUT2D eigenvalue weighted by molar-refractivity contribution is 5.93. The van der Waals surface area contributed by atoms with Crippen molar-refractivity contribution in [3.05, 3.63) is 65.7 Å². The second kappa shape index (κ2) is 7.65. The van der Waals surface area contributed by atoms with Gasteiger partial charge in [0.05, 0.1) is 0 Å². The molecule has 2 aromatic rings. The van der Waals surface area contributed by atoms with Crippen LogP contribution in [0, 0.1) is 0 Å². The molecule has 0 saturated carbocycles. The maximum Gasteiger partial charge on any atom is 0.516 e. The minimum absolute atomic E-state index is 0.00248. The molecule has 0 aliphatic rings. The summed E-state index contributed by atoms with van der Waals surface area (Å²) in [7, 11) is 0. The summed E-state index contributed by atoms with van der Waals surface area (Å²) in [5, 5.41) is 18.5. The van der Waals surface area contributed by atoms with Gasteiger partial charge in [0.2, 0.25) is 0 Å². The number of carbonyl (C=O) groups excluding carboxylic acids is 2. The smallest absolute Gasteiger partial charge is 0.504 e. The fourth-order valence-corrected chi connectivity index (χ4v) is 1.67. The fraction of sp³-hybridized carbons (Fsp3) is 0.0588. The van der Waals surface area contributed by atoms with E-state index < -0.39 is 12.1 Å². The highest BCUT2D eigenvalue weighted by Gasteiger charge is 2.09. The summed E-state index contributed by atoms with van der Waals surface area (Å²) in [5.74, 6) is -1.49. The summed E-state index contributed by atoms with van der Waals surface area (Å²) in [6.45, 7) is 0.00248. The van der Waals surface area contributed by atoms with Crippen LogP contribution in [-0.2, 0) is 20.9 Å². The summed E-state index contributed by atoms with van der Waals surface area (Å²) in [6.07, 6.45) is 1.23. The molecule has 2 rings (SSSR count). The van der Waals surface area contributed by atoms with Crippen molar-refractivity contribution in [2.75, 3.05) is 0 Å². The molecule has 2 N–H and O–H groups in total. The third-order valence-corrected chi connectivity index (χ3v) is 2.79. The molecule has 6 nitrogen and oxygen atoms in total. The zero-order valence-electron chi connectivity index (χ0n) is 12.0. The number of hydrogen-bond acceptors (Lipinski definition) is 6. The highest BCUT2D eigenvalue weighted by atomic mass is 16.7. The molecular weight excluding hydrogens is 300 g/mol. The quantitative estimate of drug-likeness (QED) is 0.390. The molecule has 23 heavy (non-hydrogen) atoms. The molecule has 0 aliphatic carbocycles. The number of hydrogen-bond donors (Lipinski definition) is 2. The molecule has 0 fully saturated rings. The second-order valence-corrected chi connectivity index (χ2v) is 4.53. The summed E-state index contributed by atoms with van der Waals surface area (Å²) < 4.78 is 9.25. The van der Waals surface area contributed by atoms with Crippen LogP contribution in [0.15, 0.2) is 54.6 Å². The Kier molecular flexibility index (Phi) is 5.35. The predicted molar refractivity (Wildman–Crippen MR) is 81.5 cm³/mol. The van der Waals surface area contributed by atoms with Gasteiger partial charge in [-0.25, -0.2) is 9.59 Å². The number of aromatic hydroxyl groups is 2. The van der Waals surface area contributed by atoms with Crippen molar-refractivity contribution in [3.8, 4) is 11.5 Å². The van der Waals surface area contributed by atoms with Gasteiger partial charge in [0.25, 0.3) is 0 Å². The largest absolute Gasteiger partial charge is 0.516 e. The number of benzene rings is 2. The number of phenols is 2. The molecule has 0 atom stereocenters. The van der Waals surface area contributed by atoms with E-state index in [1.165, 1.54) is 24.3 Å².